The number of nitrogens with zero attached hydrogens (tertiary/aromatic N) is 3. The highest BCUT2D eigenvalue weighted by atomic mass is 19.3. The van der Waals surface area contributed by atoms with Crippen LogP contribution >= 0.6 is 0 Å². The van der Waals surface area contributed by atoms with Crippen molar-refractivity contribution in [3.05, 3.63) is 24.0 Å². The number of halogens is 2. The van der Waals surface area contributed by atoms with E-state index in [-0.39, 0.29) is 5.69 Å². The third kappa shape index (κ3) is 5.29. The van der Waals surface area contributed by atoms with E-state index in [1.807, 2.05) is 6.07 Å². The lowest BCUT2D eigenvalue weighted by Gasteiger charge is -2.40. The standard InChI is InChI=1S/C23H36F2N4O/c1-4-23(3,5-2)17-6-7-18(14-17)28-10-12-29(13-11-28)19-8-9-20(26-15-19)22(30)27-16-21(24)25/h8-9,15,17-18,21H,4-7,10-14,16H2,1-3H3,(H,27,30). The molecule has 2 atom stereocenters. The monoisotopic (exact) mass is 422 g/mol. The van der Waals surface area contributed by atoms with E-state index in [0.717, 1.165) is 37.8 Å². The quantitative estimate of drug-likeness (QED) is 0.682. The van der Waals surface area contributed by atoms with Gasteiger partial charge in [-0.3, -0.25) is 9.69 Å². The summed E-state index contributed by atoms with van der Waals surface area (Å²) in [4.78, 5) is 21.0. The molecule has 1 aliphatic heterocycles. The number of alkyl halides is 2. The van der Waals surface area contributed by atoms with Crippen LogP contribution in [-0.2, 0) is 0 Å². The van der Waals surface area contributed by atoms with Crippen LogP contribution < -0.4 is 10.2 Å². The lowest BCUT2D eigenvalue weighted by molar-refractivity contribution is 0.0887. The van der Waals surface area contributed by atoms with E-state index >= 15 is 0 Å². The molecule has 0 radical (unpaired) electrons. The van der Waals surface area contributed by atoms with Gasteiger partial charge < -0.3 is 10.2 Å². The van der Waals surface area contributed by atoms with Crippen molar-refractivity contribution >= 4 is 11.6 Å². The highest BCUT2D eigenvalue weighted by Gasteiger charge is 2.39. The molecular formula is C23H36F2N4O. The molecule has 2 aliphatic rings. The average molecular weight is 423 g/mol. The van der Waals surface area contributed by atoms with Crippen LogP contribution in [0.2, 0.25) is 0 Å². The Balaban J connectivity index is 1.49. The van der Waals surface area contributed by atoms with Crippen molar-refractivity contribution in [1.29, 1.82) is 0 Å². The predicted molar refractivity (Wildman–Crippen MR) is 116 cm³/mol. The van der Waals surface area contributed by atoms with Gasteiger partial charge in [-0.15, -0.1) is 0 Å². The summed E-state index contributed by atoms with van der Waals surface area (Å²) in [6, 6.07) is 4.17. The van der Waals surface area contributed by atoms with Gasteiger partial charge in [0.25, 0.3) is 12.3 Å². The Morgan fingerprint density at radius 1 is 1.20 bits per heavy atom. The zero-order chi connectivity index (χ0) is 21.7. The summed E-state index contributed by atoms with van der Waals surface area (Å²) in [5.41, 5.74) is 1.63. The van der Waals surface area contributed by atoms with Crippen molar-refractivity contribution in [3.63, 3.8) is 0 Å². The van der Waals surface area contributed by atoms with Crippen LogP contribution in [0.25, 0.3) is 0 Å². The summed E-state index contributed by atoms with van der Waals surface area (Å²) in [6.07, 6.45) is 5.62. The van der Waals surface area contributed by atoms with Crippen molar-refractivity contribution < 1.29 is 13.6 Å². The molecule has 5 nitrogen and oxygen atoms in total. The fraction of sp³-hybridized carbons (Fsp3) is 0.739. The van der Waals surface area contributed by atoms with Crippen LogP contribution in [-0.4, -0.2) is 61.0 Å². The fourth-order valence-electron chi connectivity index (χ4n) is 5.06. The van der Waals surface area contributed by atoms with Gasteiger partial charge >= 0.3 is 0 Å². The zero-order valence-corrected chi connectivity index (χ0v) is 18.5. The van der Waals surface area contributed by atoms with Gasteiger partial charge in [-0.25, -0.2) is 13.8 Å². The van der Waals surface area contributed by atoms with E-state index in [4.69, 9.17) is 0 Å². The Labute approximate surface area is 179 Å². The molecule has 168 valence electrons. The summed E-state index contributed by atoms with van der Waals surface area (Å²) < 4.78 is 24.5. The topological polar surface area (TPSA) is 48.5 Å². The third-order valence-electron chi connectivity index (χ3n) is 7.60. The van der Waals surface area contributed by atoms with Crippen LogP contribution in [0.5, 0.6) is 0 Å². The van der Waals surface area contributed by atoms with Crippen LogP contribution in [0.4, 0.5) is 14.5 Å². The second kappa shape index (κ2) is 10.0. The second-order valence-corrected chi connectivity index (χ2v) is 9.05. The van der Waals surface area contributed by atoms with Gasteiger partial charge in [-0.2, -0.15) is 0 Å². The minimum Gasteiger partial charge on any atom is -0.368 e. The van der Waals surface area contributed by atoms with Crippen molar-refractivity contribution in [3.8, 4) is 0 Å². The number of carbonyl (C=O) groups excluding carboxylic acids is 1. The van der Waals surface area contributed by atoms with Crippen LogP contribution in [0.3, 0.4) is 0 Å². The largest absolute Gasteiger partial charge is 0.368 e. The van der Waals surface area contributed by atoms with E-state index in [2.05, 4.69) is 40.9 Å². The molecule has 0 aromatic carbocycles. The summed E-state index contributed by atoms with van der Waals surface area (Å²) in [6.45, 7) is 10.4. The Kier molecular flexibility index (Phi) is 7.66. The number of piperazine rings is 1. The first-order valence-corrected chi connectivity index (χ1v) is 11.4. The SMILES string of the molecule is CCC(C)(CC)C1CCC(N2CCN(c3ccc(C(=O)NCC(F)F)nc3)CC2)C1. The number of hydrogen-bond acceptors (Lipinski definition) is 4. The minimum atomic E-state index is -2.56. The summed E-state index contributed by atoms with van der Waals surface area (Å²) in [7, 11) is 0. The van der Waals surface area contributed by atoms with Crippen LogP contribution in [0.15, 0.2) is 18.3 Å². The number of rotatable bonds is 8. The van der Waals surface area contributed by atoms with Crippen LogP contribution in [0.1, 0.15) is 63.4 Å². The van der Waals surface area contributed by atoms with Crippen molar-refractivity contribution in [2.45, 2.75) is 65.3 Å². The Morgan fingerprint density at radius 3 is 2.47 bits per heavy atom. The number of nitrogens with one attached hydrogen (secondary N) is 1. The highest BCUT2D eigenvalue weighted by molar-refractivity contribution is 5.92. The molecule has 2 fully saturated rings. The van der Waals surface area contributed by atoms with E-state index < -0.39 is 18.9 Å². The highest BCUT2D eigenvalue weighted by Crippen LogP contribution is 2.45. The molecule has 1 N–H and O–H groups in total. The molecule has 1 aliphatic carbocycles. The molecule has 0 spiro atoms. The van der Waals surface area contributed by atoms with Gasteiger partial charge in [0.05, 0.1) is 18.4 Å². The molecule has 1 amide bonds. The van der Waals surface area contributed by atoms with Crippen LogP contribution in [0, 0.1) is 11.3 Å². The molecule has 0 bridgehead atoms. The first-order chi connectivity index (χ1) is 14.4. The first kappa shape index (κ1) is 22.9. The Morgan fingerprint density at radius 2 is 1.90 bits per heavy atom. The summed E-state index contributed by atoms with van der Waals surface area (Å²) in [5.74, 6) is 0.275. The Bertz CT molecular complexity index is 685. The molecule has 1 saturated heterocycles. The van der Waals surface area contributed by atoms with E-state index in [0.29, 0.717) is 11.5 Å². The number of anilines is 1. The molecule has 1 aromatic heterocycles. The normalized spacial score (nSPS) is 23.2. The number of aromatic nitrogens is 1. The van der Waals surface area contributed by atoms with Crippen molar-refractivity contribution in [2.24, 2.45) is 11.3 Å². The molecule has 1 aromatic rings. The molecule has 3 rings (SSSR count). The Hall–Kier alpha value is -1.76. The molecular weight excluding hydrogens is 386 g/mol. The average Bonchev–Trinajstić information content (AvgIpc) is 3.28. The lowest BCUT2D eigenvalue weighted by atomic mass is 9.72. The third-order valence-corrected chi connectivity index (χ3v) is 7.60. The van der Waals surface area contributed by atoms with Gasteiger partial charge in [0.2, 0.25) is 0 Å². The van der Waals surface area contributed by atoms with Gasteiger partial charge in [-0.1, -0.05) is 33.6 Å². The molecule has 2 heterocycles. The second-order valence-electron chi connectivity index (χ2n) is 9.05. The predicted octanol–water partition coefficient (Wildman–Crippen LogP) is 4.19. The summed E-state index contributed by atoms with van der Waals surface area (Å²) in [5, 5.41) is 2.19. The fourth-order valence-corrected chi connectivity index (χ4v) is 5.06. The lowest BCUT2D eigenvalue weighted by Crippen LogP contribution is -2.50. The summed E-state index contributed by atoms with van der Waals surface area (Å²) >= 11 is 0. The number of amides is 1. The van der Waals surface area contributed by atoms with Crippen molar-refractivity contribution in [2.75, 3.05) is 37.6 Å². The maximum atomic E-state index is 12.2. The molecule has 30 heavy (non-hydrogen) atoms. The van der Waals surface area contributed by atoms with E-state index in [1.54, 1.807) is 12.3 Å². The minimum absolute atomic E-state index is 0.171. The van der Waals surface area contributed by atoms with Crippen molar-refractivity contribution in [1.82, 2.24) is 15.2 Å². The first-order valence-electron chi connectivity index (χ1n) is 11.4. The maximum absolute atomic E-state index is 12.2. The smallest absolute Gasteiger partial charge is 0.270 e. The molecule has 7 heteroatoms. The number of pyridine rings is 1. The van der Waals surface area contributed by atoms with E-state index in [1.165, 1.54) is 32.1 Å². The van der Waals surface area contributed by atoms with Gasteiger partial charge in [0.1, 0.15) is 5.69 Å². The number of carbonyl (C=O) groups is 1. The van der Waals surface area contributed by atoms with Gasteiger partial charge in [-0.05, 0) is 42.7 Å². The van der Waals surface area contributed by atoms with E-state index in [9.17, 15) is 13.6 Å². The number of hydrogen-bond donors (Lipinski definition) is 1. The zero-order valence-electron chi connectivity index (χ0n) is 18.5. The maximum Gasteiger partial charge on any atom is 0.270 e. The van der Waals surface area contributed by atoms with Gasteiger partial charge in [0, 0.05) is 32.2 Å². The molecule has 1 saturated carbocycles. The molecule has 2 unspecified atom stereocenters. The van der Waals surface area contributed by atoms with Gasteiger partial charge in [0.15, 0.2) is 0 Å².